The fourth-order valence-electron chi connectivity index (χ4n) is 6.24. The number of nitrogen functional groups attached to an aromatic ring is 2. The summed E-state index contributed by atoms with van der Waals surface area (Å²) in [6.07, 6.45) is 6.92. The number of sulfone groups is 1. The molecule has 0 atom stereocenters. The molecular formula is C40H45N15O6S. The van der Waals surface area contributed by atoms with Crippen molar-refractivity contribution in [2.45, 2.75) is 30.5 Å². The SMILES string of the molecule is CS(=O)(=O)c1nc(N)n2nc(-c3ccco3)nc2n1.NCCc1ccc(NC2COC2)cc1.Nc1nc(NCCc2ccc(CC3COC3)cc2)nc2nc(-c3ccco3)nn12. The summed E-state index contributed by atoms with van der Waals surface area (Å²) >= 11 is 0. The monoisotopic (exact) mass is 863 g/mol. The van der Waals surface area contributed by atoms with E-state index in [1.165, 1.54) is 33.2 Å². The van der Waals surface area contributed by atoms with Crippen molar-refractivity contribution in [3.63, 3.8) is 0 Å². The molecule has 2 aromatic carbocycles. The van der Waals surface area contributed by atoms with Gasteiger partial charge in [-0.3, -0.25) is 0 Å². The van der Waals surface area contributed by atoms with Crippen LogP contribution in [0.5, 0.6) is 0 Å². The first-order valence-corrected chi connectivity index (χ1v) is 21.6. The third kappa shape index (κ3) is 10.3. The van der Waals surface area contributed by atoms with E-state index in [4.69, 9.17) is 35.5 Å². The summed E-state index contributed by atoms with van der Waals surface area (Å²) in [5, 5.41) is 14.5. The summed E-state index contributed by atoms with van der Waals surface area (Å²) in [4.78, 5) is 24.6. The van der Waals surface area contributed by atoms with Gasteiger partial charge in [-0.1, -0.05) is 36.4 Å². The highest BCUT2D eigenvalue weighted by atomic mass is 32.2. The minimum absolute atomic E-state index is 0.0410. The highest BCUT2D eigenvalue weighted by Gasteiger charge is 2.20. The number of furan rings is 2. The van der Waals surface area contributed by atoms with Crippen molar-refractivity contribution in [1.29, 1.82) is 0 Å². The number of ether oxygens (including phenoxy) is 2. The molecule has 0 unspecified atom stereocenters. The molecular weight excluding hydrogens is 819 g/mol. The largest absolute Gasteiger partial charge is 0.461 e. The van der Waals surface area contributed by atoms with Crippen molar-refractivity contribution in [3.05, 3.63) is 102 Å². The van der Waals surface area contributed by atoms with Gasteiger partial charge in [0.25, 0.3) is 16.7 Å². The molecule has 0 aliphatic carbocycles. The molecule has 62 heavy (non-hydrogen) atoms. The van der Waals surface area contributed by atoms with Gasteiger partial charge in [-0.15, -0.1) is 10.2 Å². The molecule has 2 aliphatic rings. The Labute approximate surface area is 355 Å². The van der Waals surface area contributed by atoms with Crippen LogP contribution in [-0.4, -0.2) is 109 Å². The number of nitrogens with two attached hydrogens (primary N) is 3. The first-order valence-electron chi connectivity index (χ1n) is 19.7. The predicted molar refractivity (Wildman–Crippen MR) is 229 cm³/mol. The molecule has 0 amide bonds. The zero-order valence-corrected chi connectivity index (χ0v) is 34.5. The highest BCUT2D eigenvalue weighted by molar-refractivity contribution is 7.90. The maximum atomic E-state index is 11.4. The molecule has 8 heterocycles. The lowest BCUT2D eigenvalue weighted by atomic mass is 9.97. The fraction of sp³-hybridized carbons (Fsp3) is 0.300. The molecule has 22 heteroatoms. The van der Waals surface area contributed by atoms with Gasteiger partial charge in [-0.2, -0.15) is 38.9 Å². The van der Waals surface area contributed by atoms with Gasteiger partial charge < -0.3 is 46.1 Å². The number of nitrogens with one attached hydrogen (secondary N) is 2. The van der Waals surface area contributed by atoms with E-state index < -0.39 is 15.0 Å². The zero-order chi connectivity index (χ0) is 43.1. The lowest BCUT2D eigenvalue weighted by Gasteiger charge is -2.27. The Hall–Kier alpha value is -7.01. The van der Waals surface area contributed by atoms with Gasteiger partial charge in [0.2, 0.25) is 39.3 Å². The Balaban J connectivity index is 0.000000138. The van der Waals surface area contributed by atoms with Crippen molar-refractivity contribution in [2.24, 2.45) is 11.7 Å². The molecule has 0 bridgehead atoms. The second-order valence-electron chi connectivity index (χ2n) is 14.5. The molecule has 2 fully saturated rings. The first-order chi connectivity index (χ1) is 30.1. The summed E-state index contributed by atoms with van der Waals surface area (Å²) < 4.78 is 46.2. The van der Waals surface area contributed by atoms with Crippen LogP contribution in [0.25, 0.3) is 34.7 Å². The third-order valence-corrected chi connectivity index (χ3v) is 10.5. The molecule has 6 aromatic heterocycles. The summed E-state index contributed by atoms with van der Waals surface area (Å²) in [6, 6.07) is 24.6. The normalized spacial score (nSPS) is 14.0. The molecule has 0 spiro atoms. The Morgan fingerprint density at radius 1 is 0.694 bits per heavy atom. The first kappa shape index (κ1) is 41.7. The molecule has 21 nitrogen and oxygen atoms in total. The Morgan fingerprint density at radius 2 is 1.26 bits per heavy atom. The molecule has 322 valence electrons. The summed E-state index contributed by atoms with van der Waals surface area (Å²) in [5.74, 6) is 3.25. The predicted octanol–water partition coefficient (Wildman–Crippen LogP) is 2.97. The Kier molecular flexibility index (Phi) is 12.6. The molecule has 2 saturated heterocycles. The van der Waals surface area contributed by atoms with E-state index in [1.54, 1.807) is 30.5 Å². The van der Waals surface area contributed by atoms with Crippen LogP contribution in [0.3, 0.4) is 0 Å². The average molecular weight is 864 g/mol. The maximum Gasteiger partial charge on any atom is 0.259 e. The second kappa shape index (κ2) is 18.7. The topological polar surface area (TPSA) is 293 Å². The smallest absolute Gasteiger partial charge is 0.259 e. The molecule has 0 radical (unpaired) electrons. The maximum absolute atomic E-state index is 11.4. The standard InChI is InChI=1S/C20H21N7O2.C11H16N2O.C9H8N6O3S/c21-18-24-19(25-20-23-17(26-27(18)20)16-2-1-9-29-16)22-8-7-13-3-5-14(6-4-13)10-15-11-28-12-15;12-6-5-9-1-3-10(4-2-9)13-11-7-14-8-11;1-19(16,17)9-12-7(10)15-8(13-9)11-6(14-15)5-3-2-4-18-5/h1-6,9,15H,7-8,10-12H2,(H3,21,22,23,24,25,26);1-4,11,13H,5-8,12H2;2-4H,1H3,(H2,10,11,12,13,14). The van der Waals surface area contributed by atoms with Crippen LogP contribution in [0.15, 0.2) is 99.3 Å². The summed E-state index contributed by atoms with van der Waals surface area (Å²) in [7, 11) is -3.57. The van der Waals surface area contributed by atoms with E-state index in [0.717, 1.165) is 56.5 Å². The second-order valence-corrected chi connectivity index (χ2v) is 16.4. The van der Waals surface area contributed by atoms with Crippen molar-refractivity contribution in [3.8, 4) is 23.2 Å². The van der Waals surface area contributed by atoms with Gasteiger partial charge in [0.1, 0.15) is 0 Å². The quantitative estimate of drug-likeness (QED) is 0.111. The van der Waals surface area contributed by atoms with Crippen LogP contribution in [0.4, 0.5) is 23.5 Å². The van der Waals surface area contributed by atoms with Crippen LogP contribution in [0.1, 0.15) is 16.7 Å². The van der Waals surface area contributed by atoms with E-state index >= 15 is 0 Å². The molecule has 10 rings (SSSR count). The number of rotatable bonds is 13. The van der Waals surface area contributed by atoms with Crippen molar-refractivity contribution < 1.29 is 26.7 Å². The minimum atomic E-state index is -3.57. The lowest BCUT2D eigenvalue weighted by Crippen LogP contribution is -2.40. The van der Waals surface area contributed by atoms with Gasteiger partial charge >= 0.3 is 0 Å². The number of nitrogens with zero attached hydrogens (tertiary/aromatic N) is 10. The van der Waals surface area contributed by atoms with E-state index in [1.807, 2.05) is 0 Å². The van der Waals surface area contributed by atoms with E-state index in [-0.39, 0.29) is 23.5 Å². The number of benzene rings is 2. The van der Waals surface area contributed by atoms with Gasteiger partial charge in [0, 0.05) is 24.4 Å². The van der Waals surface area contributed by atoms with Gasteiger partial charge in [-0.25, -0.2) is 8.42 Å². The Morgan fingerprint density at radius 3 is 1.79 bits per heavy atom. The van der Waals surface area contributed by atoms with E-state index in [2.05, 4.69) is 99.3 Å². The number of aromatic nitrogens is 10. The third-order valence-electron chi connectivity index (χ3n) is 9.61. The summed E-state index contributed by atoms with van der Waals surface area (Å²) in [6.45, 7) is 4.81. The number of hydrogen-bond donors (Lipinski definition) is 5. The van der Waals surface area contributed by atoms with Gasteiger partial charge in [0.15, 0.2) is 11.5 Å². The number of fused-ring (bicyclic) bond motifs is 2. The van der Waals surface area contributed by atoms with E-state index in [0.29, 0.717) is 54.1 Å². The lowest BCUT2D eigenvalue weighted by molar-refractivity contribution is -0.0312. The molecule has 8 aromatic rings. The molecule has 0 saturated carbocycles. The Bertz CT molecular complexity index is 2810. The highest BCUT2D eigenvalue weighted by Crippen LogP contribution is 2.21. The van der Waals surface area contributed by atoms with Crippen LogP contribution >= 0.6 is 0 Å². The molecule has 2 aliphatic heterocycles. The van der Waals surface area contributed by atoms with Gasteiger partial charge in [0.05, 0.1) is 45.0 Å². The number of hydrogen-bond acceptors (Lipinski definition) is 19. The van der Waals surface area contributed by atoms with E-state index in [9.17, 15) is 8.42 Å². The van der Waals surface area contributed by atoms with Crippen molar-refractivity contribution in [1.82, 2.24) is 49.1 Å². The fourth-order valence-corrected chi connectivity index (χ4v) is 6.75. The van der Waals surface area contributed by atoms with Crippen LogP contribution in [0.2, 0.25) is 0 Å². The minimum Gasteiger partial charge on any atom is -0.461 e. The van der Waals surface area contributed by atoms with Crippen molar-refractivity contribution >= 4 is 44.9 Å². The summed E-state index contributed by atoms with van der Waals surface area (Å²) in [5.41, 5.74) is 22.2. The average Bonchev–Trinajstić information content (AvgIpc) is 4.07. The van der Waals surface area contributed by atoms with Crippen molar-refractivity contribution in [2.75, 3.05) is 67.9 Å². The zero-order valence-electron chi connectivity index (χ0n) is 33.7. The van der Waals surface area contributed by atoms with Crippen LogP contribution in [-0.2, 0) is 38.6 Å². The van der Waals surface area contributed by atoms with Crippen LogP contribution in [0, 0.1) is 5.92 Å². The van der Waals surface area contributed by atoms with Gasteiger partial charge in [-0.05, 0) is 78.9 Å². The number of anilines is 4. The van der Waals surface area contributed by atoms with Crippen LogP contribution < -0.4 is 27.8 Å². The molecule has 8 N–H and O–H groups in total.